The lowest BCUT2D eigenvalue weighted by atomic mass is 9.95. The van der Waals surface area contributed by atoms with Crippen LogP contribution in [0.25, 0.3) is 0 Å². The number of carboxylic acid groups (broad SMARTS) is 1. The van der Waals surface area contributed by atoms with Gasteiger partial charge in [0.25, 0.3) is 0 Å². The number of hydrogen-bond donors (Lipinski definition) is 2. The third kappa shape index (κ3) is 3.04. The van der Waals surface area contributed by atoms with E-state index in [0.29, 0.717) is 29.3 Å². The van der Waals surface area contributed by atoms with Crippen molar-refractivity contribution >= 4 is 29.2 Å². The molecular formula is C14H16ClNO4. The van der Waals surface area contributed by atoms with E-state index in [2.05, 4.69) is 5.32 Å². The third-order valence-corrected chi connectivity index (χ3v) is 3.93. The van der Waals surface area contributed by atoms with E-state index in [1.807, 2.05) is 0 Å². The number of rotatable bonds is 4. The van der Waals surface area contributed by atoms with Gasteiger partial charge in [-0.2, -0.15) is 0 Å². The molecule has 2 N–H and O–H groups in total. The third-order valence-electron chi connectivity index (χ3n) is 3.60. The summed E-state index contributed by atoms with van der Waals surface area (Å²) in [7, 11) is 1.52. The van der Waals surface area contributed by atoms with Crippen LogP contribution in [-0.4, -0.2) is 24.1 Å². The first-order chi connectivity index (χ1) is 9.52. The fourth-order valence-electron chi connectivity index (χ4n) is 2.52. The molecule has 1 aromatic carbocycles. The summed E-state index contributed by atoms with van der Waals surface area (Å²) in [4.78, 5) is 23.3. The van der Waals surface area contributed by atoms with Crippen LogP contribution in [0, 0.1) is 11.8 Å². The molecule has 1 aliphatic rings. The van der Waals surface area contributed by atoms with Crippen molar-refractivity contribution in [3.05, 3.63) is 23.2 Å². The van der Waals surface area contributed by atoms with Crippen molar-refractivity contribution in [3.63, 3.8) is 0 Å². The van der Waals surface area contributed by atoms with Gasteiger partial charge in [0.1, 0.15) is 5.75 Å². The van der Waals surface area contributed by atoms with Crippen LogP contribution in [0.3, 0.4) is 0 Å². The number of carboxylic acids is 1. The van der Waals surface area contributed by atoms with Crippen molar-refractivity contribution in [3.8, 4) is 5.75 Å². The number of anilines is 1. The highest BCUT2D eigenvalue weighted by molar-refractivity contribution is 6.33. The summed E-state index contributed by atoms with van der Waals surface area (Å²) in [6.45, 7) is 0. The van der Waals surface area contributed by atoms with Crippen molar-refractivity contribution in [1.29, 1.82) is 0 Å². The zero-order chi connectivity index (χ0) is 14.7. The summed E-state index contributed by atoms with van der Waals surface area (Å²) >= 11 is 6.02. The molecular weight excluding hydrogens is 282 g/mol. The predicted octanol–water partition coefficient (Wildman–Crippen LogP) is 2.79. The number of methoxy groups -OCH3 is 1. The highest BCUT2D eigenvalue weighted by atomic mass is 35.5. The zero-order valence-electron chi connectivity index (χ0n) is 11.1. The van der Waals surface area contributed by atoms with Crippen LogP contribution in [0.2, 0.25) is 5.02 Å². The lowest BCUT2D eigenvalue weighted by Crippen LogP contribution is -2.30. The second kappa shape index (κ2) is 6.13. The van der Waals surface area contributed by atoms with E-state index in [4.69, 9.17) is 21.4 Å². The SMILES string of the molecule is COc1ccc(Cl)c(NC(=O)C2CCCC2C(=O)O)c1. The maximum absolute atomic E-state index is 12.2. The highest BCUT2D eigenvalue weighted by Gasteiger charge is 2.37. The first-order valence-electron chi connectivity index (χ1n) is 6.40. The standard InChI is InChI=1S/C14H16ClNO4/c1-20-8-5-6-11(15)12(7-8)16-13(17)9-3-2-4-10(9)14(18)19/h5-7,9-10H,2-4H2,1H3,(H,16,17)(H,18,19). The Morgan fingerprint density at radius 1 is 1.35 bits per heavy atom. The number of nitrogens with one attached hydrogen (secondary N) is 1. The number of halogens is 1. The van der Waals surface area contributed by atoms with Gasteiger partial charge in [0.05, 0.1) is 29.7 Å². The molecule has 20 heavy (non-hydrogen) atoms. The molecule has 1 aliphatic carbocycles. The highest BCUT2D eigenvalue weighted by Crippen LogP contribution is 2.34. The normalized spacial score (nSPS) is 21.5. The minimum Gasteiger partial charge on any atom is -0.497 e. The Balaban J connectivity index is 2.13. The smallest absolute Gasteiger partial charge is 0.307 e. The Labute approximate surface area is 121 Å². The minimum absolute atomic E-state index is 0.301. The summed E-state index contributed by atoms with van der Waals surface area (Å²) in [5.74, 6) is -1.76. The van der Waals surface area contributed by atoms with Crippen LogP contribution in [0.4, 0.5) is 5.69 Å². The van der Waals surface area contributed by atoms with Crippen LogP contribution >= 0.6 is 11.6 Å². The number of amides is 1. The molecule has 2 atom stereocenters. The molecule has 0 radical (unpaired) electrons. The first kappa shape index (κ1) is 14.7. The summed E-state index contributed by atoms with van der Waals surface area (Å²) in [5.41, 5.74) is 0.437. The van der Waals surface area contributed by atoms with Gasteiger partial charge in [-0.15, -0.1) is 0 Å². The molecule has 0 saturated heterocycles. The molecule has 1 saturated carbocycles. The Hall–Kier alpha value is -1.75. The largest absolute Gasteiger partial charge is 0.497 e. The van der Waals surface area contributed by atoms with Crippen molar-refractivity contribution in [1.82, 2.24) is 0 Å². The summed E-state index contributed by atoms with van der Waals surface area (Å²) in [6, 6.07) is 4.93. The molecule has 1 amide bonds. The molecule has 2 unspecified atom stereocenters. The van der Waals surface area contributed by atoms with Gasteiger partial charge in [-0.05, 0) is 25.0 Å². The number of hydrogen-bond acceptors (Lipinski definition) is 3. The topological polar surface area (TPSA) is 75.6 Å². The number of ether oxygens (including phenoxy) is 1. The molecule has 0 aliphatic heterocycles. The van der Waals surface area contributed by atoms with Crippen LogP contribution in [0.1, 0.15) is 19.3 Å². The molecule has 5 nitrogen and oxygen atoms in total. The van der Waals surface area contributed by atoms with Crippen molar-refractivity contribution in [2.24, 2.45) is 11.8 Å². The van der Waals surface area contributed by atoms with Crippen molar-refractivity contribution < 1.29 is 19.4 Å². The fraction of sp³-hybridized carbons (Fsp3) is 0.429. The average molecular weight is 298 g/mol. The van der Waals surface area contributed by atoms with Gasteiger partial charge >= 0.3 is 5.97 Å². The van der Waals surface area contributed by atoms with E-state index in [9.17, 15) is 9.59 Å². The lowest BCUT2D eigenvalue weighted by molar-refractivity contribution is -0.145. The fourth-order valence-corrected chi connectivity index (χ4v) is 2.69. The molecule has 6 heteroatoms. The van der Waals surface area contributed by atoms with E-state index in [0.717, 1.165) is 6.42 Å². The number of benzene rings is 1. The van der Waals surface area contributed by atoms with E-state index in [1.165, 1.54) is 7.11 Å². The van der Waals surface area contributed by atoms with Gasteiger partial charge in [-0.3, -0.25) is 9.59 Å². The predicted molar refractivity (Wildman–Crippen MR) is 75.1 cm³/mol. The molecule has 108 valence electrons. The Morgan fingerprint density at radius 3 is 2.70 bits per heavy atom. The quantitative estimate of drug-likeness (QED) is 0.896. The molecule has 1 aromatic rings. The molecule has 0 bridgehead atoms. The Morgan fingerprint density at radius 2 is 2.05 bits per heavy atom. The van der Waals surface area contributed by atoms with E-state index in [1.54, 1.807) is 18.2 Å². The average Bonchev–Trinajstić information content (AvgIpc) is 2.90. The van der Waals surface area contributed by atoms with Crippen LogP contribution < -0.4 is 10.1 Å². The maximum atomic E-state index is 12.2. The van der Waals surface area contributed by atoms with E-state index < -0.39 is 17.8 Å². The second-order valence-corrected chi connectivity index (χ2v) is 5.22. The summed E-state index contributed by atoms with van der Waals surface area (Å²) < 4.78 is 5.07. The second-order valence-electron chi connectivity index (χ2n) is 4.82. The van der Waals surface area contributed by atoms with Crippen molar-refractivity contribution in [2.45, 2.75) is 19.3 Å². The van der Waals surface area contributed by atoms with E-state index in [-0.39, 0.29) is 5.91 Å². The van der Waals surface area contributed by atoms with E-state index >= 15 is 0 Å². The Bertz CT molecular complexity index is 532. The lowest BCUT2D eigenvalue weighted by Gasteiger charge is -2.16. The number of carbonyl (C=O) groups is 2. The maximum Gasteiger partial charge on any atom is 0.307 e. The molecule has 1 fully saturated rings. The van der Waals surface area contributed by atoms with Crippen molar-refractivity contribution in [2.75, 3.05) is 12.4 Å². The Kier molecular flexibility index (Phi) is 4.49. The minimum atomic E-state index is -0.917. The number of aliphatic carboxylic acids is 1. The molecule has 2 rings (SSSR count). The summed E-state index contributed by atoms with van der Waals surface area (Å²) in [5, 5.41) is 12.2. The van der Waals surface area contributed by atoms with Crippen LogP contribution in [0.5, 0.6) is 5.75 Å². The summed E-state index contributed by atoms with van der Waals surface area (Å²) in [6.07, 6.45) is 1.88. The van der Waals surface area contributed by atoms with Gasteiger partial charge in [0.2, 0.25) is 5.91 Å². The number of carbonyl (C=O) groups excluding carboxylic acids is 1. The van der Waals surface area contributed by atoms with Gasteiger partial charge in [0.15, 0.2) is 0 Å². The first-order valence-corrected chi connectivity index (χ1v) is 6.78. The van der Waals surface area contributed by atoms with Gasteiger partial charge in [-0.1, -0.05) is 18.0 Å². The molecule has 0 spiro atoms. The van der Waals surface area contributed by atoms with Crippen LogP contribution in [-0.2, 0) is 9.59 Å². The molecule has 0 aromatic heterocycles. The van der Waals surface area contributed by atoms with Crippen LogP contribution in [0.15, 0.2) is 18.2 Å². The van der Waals surface area contributed by atoms with Gasteiger partial charge in [-0.25, -0.2) is 0 Å². The van der Waals surface area contributed by atoms with Gasteiger partial charge < -0.3 is 15.2 Å². The molecule has 0 heterocycles. The zero-order valence-corrected chi connectivity index (χ0v) is 11.8. The van der Waals surface area contributed by atoms with Gasteiger partial charge in [0, 0.05) is 6.07 Å². The monoisotopic (exact) mass is 297 g/mol.